The SMILES string of the molecule is C=CCc1c(C=O)cccc1C(=O)O. The molecule has 3 nitrogen and oxygen atoms in total. The molecule has 72 valence electrons. The first-order valence-electron chi connectivity index (χ1n) is 4.12. The molecule has 0 atom stereocenters. The molecule has 0 spiro atoms. The molecule has 1 aromatic carbocycles. The summed E-state index contributed by atoms with van der Waals surface area (Å²) in [5, 5.41) is 8.86. The Bertz CT molecular complexity index is 380. The molecule has 0 aliphatic carbocycles. The number of benzene rings is 1. The number of aldehydes is 1. The third-order valence-corrected chi connectivity index (χ3v) is 1.92. The van der Waals surface area contributed by atoms with Gasteiger partial charge in [-0.1, -0.05) is 18.2 Å². The minimum atomic E-state index is -1.02. The van der Waals surface area contributed by atoms with Crippen LogP contribution in [0.1, 0.15) is 26.3 Å². The summed E-state index contributed by atoms with van der Waals surface area (Å²) in [5.74, 6) is -1.02. The quantitative estimate of drug-likeness (QED) is 0.583. The maximum absolute atomic E-state index is 10.8. The molecule has 0 saturated heterocycles. The van der Waals surface area contributed by atoms with Crippen LogP contribution in [0.3, 0.4) is 0 Å². The van der Waals surface area contributed by atoms with Gasteiger partial charge in [0.2, 0.25) is 0 Å². The number of hydrogen-bond acceptors (Lipinski definition) is 2. The molecule has 1 N–H and O–H groups in total. The molecule has 0 aromatic heterocycles. The standard InChI is InChI=1S/C11H10O3/c1-2-4-9-8(7-12)5-3-6-10(9)11(13)14/h2-3,5-7H,1,4H2,(H,13,14). The zero-order chi connectivity index (χ0) is 10.6. The van der Waals surface area contributed by atoms with E-state index in [0.717, 1.165) is 0 Å². The van der Waals surface area contributed by atoms with Gasteiger partial charge in [-0.2, -0.15) is 0 Å². The van der Waals surface area contributed by atoms with Gasteiger partial charge < -0.3 is 5.11 Å². The average Bonchev–Trinajstić information content (AvgIpc) is 2.18. The van der Waals surface area contributed by atoms with E-state index in [-0.39, 0.29) is 5.56 Å². The van der Waals surface area contributed by atoms with Crippen LogP contribution in [0.15, 0.2) is 30.9 Å². The monoisotopic (exact) mass is 190 g/mol. The summed E-state index contributed by atoms with van der Waals surface area (Å²) in [6.07, 6.45) is 2.62. The summed E-state index contributed by atoms with van der Waals surface area (Å²) in [6, 6.07) is 4.63. The Morgan fingerprint density at radius 2 is 2.21 bits per heavy atom. The van der Waals surface area contributed by atoms with E-state index >= 15 is 0 Å². The van der Waals surface area contributed by atoms with Crippen LogP contribution in [0.4, 0.5) is 0 Å². The first-order valence-corrected chi connectivity index (χ1v) is 4.12. The zero-order valence-corrected chi connectivity index (χ0v) is 7.56. The van der Waals surface area contributed by atoms with Gasteiger partial charge in [-0.15, -0.1) is 6.58 Å². The van der Waals surface area contributed by atoms with Gasteiger partial charge in [0.1, 0.15) is 6.29 Å². The topological polar surface area (TPSA) is 54.4 Å². The van der Waals surface area contributed by atoms with Gasteiger partial charge in [0.25, 0.3) is 0 Å². The van der Waals surface area contributed by atoms with Crippen LogP contribution in [0.25, 0.3) is 0 Å². The lowest BCUT2D eigenvalue weighted by Gasteiger charge is -2.05. The highest BCUT2D eigenvalue weighted by Gasteiger charge is 2.11. The Morgan fingerprint density at radius 1 is 1.50 bits per heavy atom. The molecule has 0 aliphatic heterocycles. The molecule has 0 unspecified atom stereocenters. The van der Waals surface area contributed by atoms with Gasteiger partial charge in [0.05, 0.1) is 5.56 Å². The van der Waals surface area contributed by atoms with E-state index < -0.39 is 5.97 Å². The van der Waals surface area contributed by atoms with Crippen LogP contribution in [0.2, 0.25) is 0 Å². The highest BCUT2D eigenvalue weighted by Crippen LogP contribution is 2.14. The fourth-order valence-corrected chi connectivity index (χ4v) is 1.29. The van der Waals surface area contributed by atoms with E-state index in [4.69, 9.17) is 5.11 Å². The van der Waals surface area contributed by atoms with E-state index in [9.17, 15) is 9.59 Å². The second-order valence-corrected chi connectivity index (χ2v) is 2.79. The Balaban J connectivity index is 3.34. The number of allylic oxidation sites excluding steroid dienone is 1. The number of carbonyl (C=O) groups is 2. The fourth-order valence-electron chi connectivity index (χ4n) is 1.29. The van der Waals surface area contributed by atoms with E-state index in [1.165, 1.54) is 6.07 Å². The predicted molar refractivity (Wildman–Crippen MR) is 52.7 cm³/mol. The number of carbonyl (C=O) groups excluding carboxylic acids is 1. The lowest BCUT2D eigenvalue weighted by Crippen LogP contribution is -2.04. The van der Waals surface area contributed by atoms with E-state index in [1.54, 1.807) is 18.2 Å². The molecule has 0 radical (unpaired) electrons. The molecule has 0 amide bonds. The Morgan fingerprint density at radius 3 is 2.71 bits per heavy atom. The maximum Gasteiger partial charge on any atom is 0.335 e. The highest BCUT2D eigenvalue weighted by atomic mass is 16.4. The van der Waals surface area contributed by atoms with Gasteiger partial charge in [-0.05, 0) is 18.1 Å². The van der Waals surface area contributed by atoms with E-state index in [1.807, 2.05) is 0 Å². The first-order chi connectivity index (χ1) is 6.70. The minimum absolute atomic E-state index is 0.162. The lowest BCUT2D eigenvalue weighted by atomic mass is 9.99. The summed E-state index contributed by atoms with van der Waals surface area (Å²) in [4.78, 5) is 21.5. The van der Waals surface area contributed by atoms with Crippen molar-refractivity contribution in [3.8, 4) is 0 Å². The van der Waals surface area contributed by atoms with Gasteiger partial charge >= 0.3 is 5.97 Å². The van der Waals surface area contributed by atoms with Gasteiger partial charge in [-0.3, -0.25) is 4.79 Å². The van der Waals surface area contributed by atoms with Crippen LogP contribution in [0.5, 0.6) is 0 Å². The van der Waals surface area contributed by atoms with Crippen molar-refractivity contribution >= 4 is 12.3 Å². The summed E-state index contributed by atoms with van der Waals surface area (Å²) in [6.45, 7) is 3.52. The molecule has 1 aromatic rings. The predicted octanol–water partition coefficient (Wildman–Crippen LogP) is 1.93. The Hall–Kier alpha value is -1.90. The molecule has 0 aliphatic rings. The third-order valence-electron chi connectivity index (χ3n) is 1.92. The summed E-state index contributed by atoms with van der Waals surface area (Å²) < 4.78 is 0. The zero-order valence-electron chi connectivity index (χ0n) is 7.56. The Labute approximate surface area is 81.7 Å². The van der Waals surface area contributed by atoms with Crippen molar-refractivity contribution in [3.05, 3.63) is 47.5 Å². The van der Waals surface area contributed by atoms with Crippen molar-refractivity contribution in [2.45, 2.75) is 6.42 Å². The summed E-state index contributed by atoms with van der Waals surface area (Å²) in [7, 11) is 0. The van der Waals surface area contributed by atoms with Crippen LogP contribution < -0.4 is 0 Å². The molecule has 0 fully saturated rings. The molecule has 1 rings (SSSR count). The van der Waals surface area contributed by atoms with E-state index in [2.05, 4.69) is 6.58 Å². The highest BCUT2D eigenvalue weighted by molar-refractivity contribution is 5.93. The second-order valence-electron chi connectivity index (χ2n) is 2.79. The fraction of sp³-hybridized carbons (Fsp3) is 0.0909. The number of aromatic carboxylic acids is 1. The van der Waals surface area contributed by atoms with Gasteiger partial charge in [0, 0.05) is 5.56 Å². The molecular formula is C11H10O3. The van der Waals surface area contributed by atoms with Crippen LogP contribution in [-0.2, 0) is 6.42 Å². The molecule has 0 heterocycles. The van der Waals surface area contributed by atoms with Gasteiger partial charge in [-0.25, -0.2) is 4.79 Å². The molecule has 14 heavy (non-hydrogen) atoms. The molecule has 0 saturated carbocycles. The number of carboxylic acid groups (broad SMARTS) is 1. The van der Waals surface area contributed by atoms with Crippen molar-refractivity contribution in [3.63, 3.8) is 0 Å². The smallest absolute Gasteiger partial charge is 0.335 e. The number of rotatable bonds is 4. The molecule has 0 bridgehead atoms. The molecular weight excluding hydrogens is 180 g/mol. The summed E-state index contributed by atoms with van der Waals surface area (Å²) in [5.41, 5.74) is 1.09. The summed E-state index contributed by atoms with van der Waals surface area (Å²) >= 11 is 0. The Kier molecular flexibility index (Phi) is 3.18. The number of hydrogen-bond donors (Lipinski definition) is 1. The second kappa shape index (κ2) is 4.37. The van der Waals surface area contributed by atoms with Crippen LogP contribution >= 0.6 is 0 Å². The maximum atomic E-state index is 10.8. The van der Waals surface area contributed by atoms with Crippen molar-refractivity contribution in [2.24, 2.45) is 0 Å². The van der Waals surface area contributed by atoms with Crippen molar-refractivity contribution < 1.29 is 14.7 Å². The first kappa shape index (κ1) is 10.2. The van der Waals surface area contributed by atoms with Crippen LogP contribution in [-0.4, -0.2) is 17.4 Å². The molecule has 3 heteroatoms. The van der Waals surface area contributed by atoms with Crippen molar-refractivity contribution in [1.82, 2.24) is 0 Å². The van der Waals surface area contributed by atoms with Crippen molar-refractivity contribution in [2.75, 3.05) is 0 Å². The normalized spacial score (nSPS) is 9.43. The van der Waals surface area contributed by atoms with Crippen LogP contribution in [0, 0.1) is 0 Å². The number of carboxylic acids is 1. The van der Waals surface area contributed by atoms with Crippen molar-refractivity contribution in [1.29, 1.82) is 0 Å². The van der Waals surface area contributed by atoms with E-state index in [0.29, 0.717) is 23.8 Å². The minimum Gasteiger partial charge on any atom is -0.478 e. The average molecular weight is 190 g/mol. The van der Waals surface area contributed by atoms with Gasteiger partial charge in [0.15, 0.2) is 0 Å². The third kappa shape index (κ3) is 1.88. The largest absolute Gasteiger partial charge is 0.478 e. The lowest BCUT2D eigenvalue weighted by molar-refractivity contribution is 0.0696.